The van der Waals surface area contributed by atoms with Crippen molar-refractivity contribution in [1.29, 1.82) is 5.26 Å². The maximum absolute atomic E-state index is 11.6. The SMILES string of the molecule is N#CCc1ccc(N2CCCNC2=O)cc1. The van der Waals surface area contributed by atoms with Crippen LogP contribution < -0.4 is 10.2 Å². The van der Waals surface area contributed by atoms with E-state index in [0.717, 1.165) is 30.8 Å². The first-order valence-electron chi connectivity index (χ1n) is 5.32. The summed E-state index contributed by atoms with van der Waals surface area (Å²) in [4.78, 5) is 13.3. The minimum atomic E-state index is -0.0423. The largest absolute Gasteiger partial charge is 0.338 e. The van der Waals surface area contributed by atoms with Crippen LogP contribution in [0.1, 0.15) is 12.0 Å². The fraction of sp³-hybridized carbons (Fsp3) is 0.333. The van der Waals surface area contributed by atoms with Crippen molar-refractivity contribution in [2.75, 3.05) is 18.0 Å². The fourth-order valence-corrected chi connectivity index (χ4v) is 1.76. The first-order valence-corrected chi connectivity index (χ1v) is 5.32. The molecule has 1 aromatic carbocycles. The molecule has 0 aliphatic carbocycles. The molecule has 1 aliphatic rings. The third kappa shape index (κ3) is 2.14. The molecule has 0 saturated carbocycles. The quantitative estimate of drug-likeness (QED) is 0.815. The van der Waals surface area contributed by atoms with Crippen LogP contribution in [-0.4, -0.2) is 19.1 Å². The van der Waals surface area contributed by atoms with Crippen LogP contribution in [0.5, 0.6) is 0 Å². The number of benzene rings is 1. The molecule has 1 aromatic rings. The smallest absolute Gasteiger partial charge is 0.321 e. The highest BCUT2D eigenvalue weighted by molar-refractivity contribution is 5.92. The van der Waals surface area contributed by atoms with Crippen molar-refractivity contribution in [2.24, 2.45) is 0 Å². The zero-order valence-electron chi connectivity index (χ0n) is 8.94. The average molecular weight is 215 g/mol. The van der Waals surface area contributed by atoms with Crippen LogP contribution in [0.2, 0.25) is 0 Å². The number of rotatable bonds is 2. The van der Waals surface area contributed by atoms with Gasteiger partial charge in [0.1, 0.15) is 0 Å². The molecule has 82 valence electrons. The zero-order chi connectivity index (χ0) is 11.4. The Balaban J connectivity index is 2.14. The topological polar surface area (TPSA) is 56.1 Å². The van der Waals surface area contributed by atoms with Gasteiger partial charge in [-0.15, -0.1) is 0 Å². The molecule has 4 heteroatoms. The van der Waals surface area contributed by atoms with E-state index in [2.05, 4.69) is 11.4 Å². The van der Waals surface area contributed by atoms with Crippen molar-refractivity contribution in [3.05, 3.63) is 29.8 Å². The average Bonchev–Trinajstić information content (AvgIpc) is 2.31. The van der Waals surface area contributed by atoms with Crippen LogP contribution >= 0.6 is 0 Å². The van der Waals surface area contributed by atoms with Gasteiger partial charge in [0.2, 0.25) is 0 Å². The van der Waals surface area contributed by atoms with Crippen molar-refractivity contribution >= 4 is 11.7 Å². The molecule has 1 aliphatic heterocycles. The molecule has 0 spiro atoms. The Morgan fingerprint density at radius 3 is 2.75 bits per heavy atom. The first kappa shape index (κ1) is 10.5. The maximum Gasteiger partial charge on any atom is 0.321 e. The molecule has 1 saturated heterocycles. The van der Waals surface area contributed by atoms with Crippen molar-refractivity contribution in [1.82, 2.24) is 5.32 Å². The monoisotopic (exact) mass is 215 g/mol. The van der Waals surface area contributed by atoms with Crippen molar-refractivity contribution in [3.8, 4) is 6.07 Å². The molecule has 1 fully saturated rings. The number of anilines is 1. The van der Waals surface area contributed by atoms with Gasteiger partial charge in [-0.3, -0.25) is 4.90 Å². The van der Waals surface area contributed by atoms with E-state index in [-0.39, 0.29) is 6.03 Å². The minimum Gasteiger partial charge on any atom is -0.338 e. The predicted molar refractivity (Wildman–Crippen MR) is 61.1 cm³/mol. The molecule has 16 heavy (non-hydrogen) atoms. The highest BCUT2D eigenvalue weighted by Gasteiger charge is 2.18. The number of urea groups is 1. The van der Waals surface area contributed by atoms with E-state index >= 15 is 0 Å². The lowest BCUT2D eigenvalue weighted by atomic mass is 10.1. The molecule has 0 atom stereocenters. The Morgan fingerprint density at radius 1 is 1.38 bits per heavy atom. The summed E-state index contributed by atoms with van der Waals surface area (Å²) in [6.07, 6.45) is 1.37. The number of nitriles is 1. The molecule has 0 aromatic heterocycles. The summed E-state index contributed by atoms with van der Waals surface area (Å²) in [6, 6.07) is 9.61. The number of hydrogen-bond donors (Lipinski definition) is 1. The third-order valence-corrected chi connectivity index (χ3v) is 2.61. The fourth-order valence-electron chi connectivity index (χ4n) is 1.76. The summed E-state index contributed by atoms with van der Waals surface area (Å²) in [5, 5.41) is 11.4. The predicted octanol–water partition coefficient (Wildman–Crippen LogP) is 1.67. The van der Waals surface area contributed by atoms with Crippen LogP contribution in [0.25, 0.3) is 0 Å². The van der Waals surface area contributed by atoms with Gasteiger partial charge in [0.05, 0.1) is 12.5 Å². The zero-order valence-corrected chi connectivity index (χ0v) is 8.94. The van der Waals surface area contributed by atoms with Crippen LogP contribution in [0, 0.1) is 11.3 Å². The van der Waals surface area contributed by atoms with Gasteiger partial charge < -0.3 is 5.32 Å². The second-order valence-corrected chi connectivity index (χ2v) is 3.74. The van der Waals surface area contributed by atoms with Gasteiger partial charge in [0, 0.05) is 18.8 Å². The van der Waals surface area contributed by atoms with Gasteiger partial charge in [0.15, 0.2) is 0 Å². The minimum absolute atomic E-state index is 0.0423. The van der Waals surface area contributed by atoms with E-state index in [0.29, 0.717) is 6.42 Å². The van der Waals surface area contributed by atoms with Gasteiger partial charge in [-0.25, -0.2) is 4.79 Å². The summed E-state index contributed by atoms with van der Waals surface area (Å²) in [7, 11) is 0. The number of carbonyl (C=O) groups excluding carboxylic acids is 1. The van der Waals surface area contributed by atoms with E-state index < -0.39 is 0 Å². The van der Waals surface area contributed by atoms with E-state index in [1.165, 1.54) is 0 Å². The Hall–Kier alpha value is -2.02. The lowest BCUT2D eigenvalue weighted by molar-refractivity contribution is 0.243. The molecule has 2 rings (SSSR count). The number of hydrogen-bond acceptors (Lipinski definition) is 2. The standard InChI is InChI=1S/C12H13N3O/c13-7-6-10-2-4-11(5-3-10)15-9-1-8-14-12(15)16/h2-5H,1,6,8-9H2,(H,14,16). The van der Waals surface area contributed by atoms with E-state index in [1.54, 1.807) is 4.90 Å². The lowest BCUT2D eigenvalue weighted by Crippen LogP contribution is -2.46. The highest BCUT2D eigenvalue weighted by Crippen LogP contribution is 2.17. The molecule has 0 radical (unpaired) electrons. The Bertz CT molecular complexity index is 419. The van der Waals surface area contributed by atoms with Crippen LogP contribution in [0.15, 0.2) is 24.3 Å². The van der Waals surface area contributed by atoms with Gasteiger partial charge >= 0.3 is 6.03 Å². The second-order valence-electron chi connectivity index (χ2n) is 3.74. The van der Waals surface area contributed by atoms with Crippen LogP contribution in [-0.2, 0) is 6.42 Å². The second kappa shape index (κ2) is 4.67. The highest BCUT2D eigenvalue weighted by atomic mass is 16.2. The van der Waals surface area contributed by atoms with E-state index in [9.17, 15) is 4.79 Å². The molecular formula is C12H13N3O. The summed E-state index contributed by atoms with van der Waals surface area (Å²) < 4.78 is 0. The summed E-state index contributed by atoms with van der Waals surface area (Å²) in [5.41, 5.74) is 1.86. The molecule has 1 heterocycles. The Labute approximate surface area is 94.5 Å². The van der Waals surface area contributed by atoms with E-state index in [1.807, 2.05) is 24.3 Å². The van der Waals surface area contributed by atoms with Crippen LogP contribution in [0.4, 0.5) is 10.5 Å². The van der Waals surface area contributed by atoms with Gasteiger partial charge in [-0.1, -0.05) is 12.1 Å². The third-order valence-electron chi connectivity index (χ3n) is 2.61. The van der Waals surface area contributed by atoms with Crippen LogP contribution in [0.3, 0.4) is 0 Å². The molecule has 1 N–H and O–H groups in total. The lowest BCUT2D eigenvalue weighted by Gasteiger charge is -2.27. The molecule has 4 nitrogen and oxygen atoms in total. The number of nitrogens with zero attached hydrogens (tertiary/aromatic N) is 2. The summed E-state index contributed by atoms with van der Waals surface area (Å²) in [5.74, 6) is 0. The Kier molecular flexibility index (Phi) is 3.06. The van der Waals surface area contributed by atoms with Gasteiger partial charge in [-0.05, 0) is 24.1 Å². The molecular weight excluding hydrogens is 202 g/mol. The number of carbonyl (C=O) groups is 1. The maximum atomic E-state index is 11.6. The number of nitrogens with one attached hydrogen (secondary N) is 1. The molecule has 0 unspecified atom stereocenters. The molecule has 2 amide bonds. The van der Waals surface area contributed by atoms with Crippen molar-refractivity contribution < 1.29 is 4.79 Å². The first-order chi connectivity index (χ1) is 7.81. The Morgan fingerprint density at radius 2 is 2.12 bits per heavy atom. The van der Waals surface area contributed by atoms with Gasteiger partial charge in [-0.2, -0.15) is 5.26 Å². The summed E-state index contributed by atoms with van der Waals surface area (Å²) in [6.45, 7) is 1.51. The van der Waals surface area contributed by atoms with Crippen molar-refractivity contribution in [2.45, 2.75) is 12.8 Å². The molecule has 0 bridgehead atoms. The van der Waals surface area contributed by atoms with Crippen molar-refractivity contribution in [3.63, 3.8) is 0 Å². The number of amides is 2. The normalized spacial score (nSPS) is 15.4. The van der Waals surface area contributed by atoms with E-state index in [4.69, 9.17) is 5.26 Å². The van der Waals surface area contributed by atoms with Gasteiger partial charge in [0.25, 0.3) is 0 Å². The summed E-state index contributed by atoms with van der Waals surface area (Å²) >= 11 is 0.